The first-order chi connectivity index (χ1) is 22.6. The van der Waals surface area contributed by atoms with Gasteiger partial charge in [0.2, 0.25) is 5.57 Å². The van der Waals surface area contributed by atoms with E-state index in [2.05, 4.69) is 49.4 Å². The summed E-state index contributed by atoms with van der Waals surface area (Å²) in [6.45, 7) is 0. The Morgan fingerprint density at radius 1 is 0.521 bits per heavy atom. The molecule has 3 aromatic heterocycles. The number of hydrogen-bond donors (Lipinski definition) is 0. The van der Waals surface area contributed by atoms with E-state index in [0.717, 1.165) is 33.6 Å². The van der Waals surface area contributed by atoms with E-state index in [0.29, 0.717) is 33.6 Å². The Balaban J connectivity index is 0.00000201. The third-order valence-corrected chi connectivity index (χ3v) is 10.1. The molecule has 0 unspecified atom stereocenters. The van der Waals surface area contributed by atoms with Crippen LogP contribution in [0.3, 0.4) is 0 Å². The molecule has 0 amide bonds. The summed E-state index contributed by atoms with van der Waals surface area (Å²) >= 11 is 0. The molecule has 0 atom stereocenters. The SMILES string of the molecule is O=P1(c2nccnn2)c2[c-]c(Oc3[c-]c(-c4ccccn4)ccc3)ccc2-c2ccc(Oc3[c-]c(-c4ccccn4)ccc3)[c-]c21.[Pd+2].[Pt+2]. The zero-order valence-corrected chi connectivity index (χ0v) is 29.3. The minimum atomic E-state index is -3.68. The molecule has 4 heterocycles. The predicted octanol–water partition coefficient (Wildman–Crippen LogP) is 6.40. The summed E-state index contributed by atoms with van der Waals surface area (Å²) in [6, 6.07) is 42.8. The summed E-state index contributed by atoms with van der Waals surface area (Å²) in [5, 5.41) is 8.97. The van der Waals surface area contributed by atoms with Crippen LogP contribution in [0.2, 0.25) is 0 Å². The van der Waals surface area contributed by atoms with Gasteiger partial charge < -0.3 is 24.0 Å². The number of rotatable bonds is 7. The molecule has 1 aliphatic rings. The molecule has 4 aromatic carbocycles. The summed E-state index contributed by atoms with van der Waals surface area (Å²) in [7, 11) is -3.68. The van der Waals surface area contributed by atoms with Crippen LogP contribution in [0.4, 0.5) is 0 Å². The van der Waals surface area contributed by atoms with Crippen molar-refractivity contribution in [2.75, 3.05) is 0 Å². The fourth-order valence-electron chi connectivity index (χ4n) is 5.27. The zero-order chi connectivity index (χ0) is 30.9. The van der Waals surface area contributed by atoms with Crippen molar-refractivity contribution in [1.82, 2.24) is 25.1 Å². The first-order valence-corrected chi connectivity index (χ1v) is 16.0. The van der Waals surface area contributed by atoms with Crippen molar-refractivity contribution in [2.45, 2.75) is 0 Å². The van der Waals surface area contributed by atoms with Crippen LogP contribution in [0.15, 0.2) is 122 Å². The quantitative estimate of drug-likeness (QED) is 0.103. The molecule has 0 spiro atoms. The molecule has 8 rings (SSSR count). The molecule has 0 saturated carbocycles. The average molecular weight is 915 g/mol. The largest absolute Gasteiger partial charge is 2.00 e. The molecule has 0 aliphatic carbocycles. The minimum Gasteiger partial charge on any atom is -0.503 e. The van der Waals surface area contributed by atoms with Gasteiger partial charge >= 0.3 is 41.5 Å². The Labute approximate surface area is 305 Å². The second-order valence-corrected chi connectivity index (χ2v) is 12.7. The Morgan fingerprint density at radius 2 is 1.04 bits per heavy atom. The second kappa shape index (κ2) is 14.2. The molecule has 236 valence electrons. The number of hydrogen-bond acceptors (Lipinski definition) is 8. The van der Waals surface area contributed by atoms with Gasteiger partial charge in [-0.3, -0.25) is 0 Å². The molecule has 1 aliphatic heterocycles. The molecule has 7 aromatic rings. The van der Waals surface area contributed by atoms with E-state index >= 15 is 4.57 Å². The van der Waals surface area contributed by atoms with Gasteiger partial charge in [0.25, 0.3) is 0 Å². The van der Waals surface area contributed by atoms with E-state index in [1.807, 2.05) is 72.8 Å². The van der Waals surface area contributed by atoms with Crippen LogP contribution in [0, 0.1) is 24.3 Å². The smallest absolute Gasteiger partial charge is 0.503 e. The summed E-state index contributed by atoms with van der Waals surface area (Å²) in [5.41, 5.74) is 4.62. The van der Waals surface area contributed by atoms with Gasteiger partial charge in [0.15, 0.2) is 7.14 Å². The Bertz CT molecular complexity index is 2130. The summed E-state index contributed by atoms with van der Waals surface area (Å²) in [5.74, 6) is 1.66. The molecular formula is C37H20N5O3PPdPt. The van der Waals surface area contributed by atoms with Gasteiger partial charge in [-0.25, -0.2) is 4.98 Å². The Kier molecular flexibility index (Phi) is 9.87. The molecule has 0 fully saturated rings. The van der Waals surface area contributed by atoms with Gasteiger partial charge in [-0.2, -0.15) is 28.4 Å². The van der Waals surface area contributed by atoms with E-state index in [1.165, 1.54) is 12.4 Å². The summed E-state index contributed by atoms with van der Waals surface area (Å²) < 4.78 is 27.5. The van der Waals surface area contributed by atoms with E-state index < -0.39 is 7.14 Å². The molecular weight excluding hydrogens is 895 g/mol. The fraction of sp³-hybridized carbons (Fsp3) is 0. The van der Waals surface area contributed by atoms with E-state index in [9.17, 15) is 0 Å². The van der Waals surface area contributed by atoms with Crippen molar-refractivity contribution >= 4 is 23.3 Å². The third kappa shape index (κ3) is 6.31. The molecule has 0 bridgehead atoms. The maximum Gasteiger partial charge on any atom is 2.00 e. The average Bonchev–Trinajstić information content (AvgIpc) is 3.37. The van der Waals surface area contributed by atoms with Crippen molar-refractivity contribution in [3.8, 4) is 56.6 Å². The number of ether oxygens (including phenoxy) is 2. The first kappa shape index (κ1) is 33.3. The summed E-state index contributed by atoms with van der Waals surface area (Å²) in [6.07, 6.45) is 6.36. The second-order valence-electron chi connectivity index (χ2n) is 10.2. The van der Waals surface area contributed by atoms with Gasteiger partial charge in [-0.1, -0.05) is 47.0 Å². The van der Waals surface area contributed by atoms with E-state index in [-0.39, 0.29) is 47.1 Å². The summed E-state index contributed by atoms with van der Waals surface area (Å²) in [4.78, 5) is 13.2. The Hall–Kier alpha value is -4.63. The van der Waals surface area contributed by atoms with Gasteiger partial charge in [-0.05, 0) is 23.5 Å². The van der Waals surface area contributed by atoms with Crippen LogP contribution in [-0.4, -0.2) is 25.1 Å². The van der Waals surface area contributed by atoms with Crippen LogP contribution < -0.4 is 25.6 Å². The fourth-order valence-corrected chi connectivity index (χ4v) is 7.90. The third-order valence-electron chi connectivity index (χ3n) is 7.33. The van der Waals surface area contributed by atoms with Crippen molar-refractivity contribution in [3.63, 3.8) is 0 Å². The van der Waals surface area contributed by atoms with Gasteiger partial charge in [-0.15, -0.1) is 76.9 Å². The molecule has 11 heteroatoms. The predicted molar refractivity (Wildman–Crippen MR) is 173 cm³/mol. The zero-order valence-electron chi connectivity index (χ0n) is 24.6. The van der Waals surface area contributed by atoms with Crippen molar-refractivity contribution < 1.29 is 55.5 Å². The van der Waals surface area contributed by atoms with Gasteiger partial charge in [0.1, 0.15) is 0 Å². The normalized spacial score (nSPS) is 12.1. The van der Waals surface area contributed by atoms with E-state index in [1.54, 1.807) is 36.7 Å². The van der Waals surface area contributed by atoms with Crippen LogP contribution in [0.25, 0.3) is 33.6 Å². The molecule has 0 N–H and O–H groups in total. The van der Waals surface area contributed by atoms with Crippen LogP contribution in [0.1, 0.15) is 0 Å². The maximum atomic E-state index is 15.2. The number of pyridine rings is 2. The van der Waals surface area contributed by atoms with Gasteiger partial charge in [0, 0.05) is 41.6 Å². The first-order valence-electron chi connectivity index (χ1n) is 14.3. The number of benzene rings is 4. The molecule has 0 radical (unpaired) electrons. The van der Waals surface area contributed by atoms with Crippen LogP contribution in [-0.2, 0) is 46.1 Å². The minimum absolute atomic E-state index is 0. The molecule has 0 saturated heterocycles. The Morgan fingerprint density at radius 3 is 1.50 bits per heavy atom. The van der Waals surface area contributed by atoms with Gasteiger partial charge in [0.05, 0.1) is 6.20 Å². The van der Waals surface area contributed by atoms with Crippen molar-refractivity contribution in [2.24, 2.45) is 0 Å². The molecule has 8 nitrogen and oxygen atoms in total. The van der Waals surface area contributed by atoms with Crippen LogP contribution in [0.5, 0.6) is 23.0 Å². The van der Waals surface area contributed by atoms with Crippen LogP contribution >= 0.6 is 7.14 Å². The maximum absolute atomic E-state index is 15.2. The number of nitrogens with zero attached hydrogens (tertiary/aromatic N) is 5. The van der Waals surface area contributed by atoms with Crippen molar-refractivity contribution in [1.29, 1.82) is 0 Å². The number of fused-ring (bicyclic) bond motifs is 3. The van der Waals surface area contributed by atoms with E-state index in [4.69, 9.17) is 9.47 Å². The molecule has 48 heavy (non-hydrogen) atoms. The topological polar surface area (TPSA) is 100.0 Å². The number of aromatic nitrogens is 5. The standard InChI is InChI=1S/C37H20N5O3P.Pd.Pt/c43-46(37-40-19-20-41-42-37)35-23-29(44-27-9-5-7-25(21-27)33-11-1-3-17-38-33)13-15-31(35)32-16-14-30(24-36(32)46)45-28-10-6-8-26(22-28)34-12-2-4-18-39-34;;/h1-20H;;/q-4;2*+2. The monoisotopic (exact) mass is 914 g/mol. The van der Waals surface area contributed by atoms with Crippen molar-refractivity contribution in [3.05, 3.63) is 146 Å².